The van der Waals surface area contributed by atoms with Crippen molar-refractivity contribution in [3.63, 3.8) is 0 Å². The van der Waals surface area contributed by atoms with Crippen molar-refractivity contribution in [2.75, 3.05) is 4.90 Å². The highest BCUT2D eigenvalue weighted by molar-refractivity contribution is 6.05. The van der Waals surface area contributed by atoms with Gasteiger partial charge in [0.15, 0.2) is 5.58 Å². The van der Waals surface area contributed by atoms with Crippen LogP contribution in [0.25, 0.3) is 55.6 Å². The molecular weight excluding hydrogens is 572 g/mol. The highest BCUT2D eigenvalue weighted by atomic mass is 16.3. The summed E-state index contributed by atoms with van der Waals surface area (Å²) in [6.07, 6.45) is 0. The molecule has 0 N–H and O–H groups in total. The molecule has 0 saturated heterocycles. The third-order valence-electron chi connectivity index (χ3n) is 9.67. The molecule has 1 heterocycles. The van der Waals surface area contributed by atoms with Gasteiger partial charge >= 0.3 is 0 Å². The van der Waals surface area contributed by atoms with Gasteiger partial charge in [0.25, 0.3) is 0 Å². The Morgan fingerprint density at radius 3 is 2.00 bits per heavy atom. The Balaban J connectivity index is 1.22. The molecule has 3 heteroatoms. The summed E-state index contributed by atoms with van der Waals surface area (Å²) in [6.45, 7) is 4.68. The predicted octanol–water partition coefficient (Wildman–Crippen LogP) is 12.1. The van der Waals surface area contributed by atoms with Crippen molar-refractivity contribution in [3.05, 3.63) is 169 Å². The van der Waals surface area contributed by atoms with Gasteiger partial charge in [-0.15, -0.1) is 0 Å². The summed E-state index contributed by atoms with van der Waals surface area (Å²) >= 11 is 0. The van der Waals surface area contributed by atoms with E-state index in [0.717, 1.165) is 44.5 Å². The van der Waals surface area contributed by atoms with Crippen molar-refractivity contribution < 1.29 is 4.42 Å². The Morgan fingerprint density at radius 1 is 0.511 bits per heavy atom. The van der Waals surface area contributed by atoms with Crippen LogP contribution in [-0.4, -0.2) is 4.98 Å². The lowest BCUT2D eigenvalue weighted by Gasteiger charge is -2.28. The van der Waals surface area contributed by atoms with E-state index < -0.39 is 0 Å². The number of aromatic nitrogens is 1. The van der Waals surface area contributed by atoms with Crippen molar-refractivity contribution in [1.82, 2.24) is 4.98 Å². The number of hydrogen-bond acceptors (Lipinski definition) is 3. The number of rotatable bonds is 5. The maximum atomic E-state index is 6.20. The van der Waals surface area contributed by atoms with Crippen molar-refractivity contribution in [3.8, 4) is 33.7 Å². The number of nitrogens with zero attached hydrogens (tertiary/aromatic N) is 2. The van der Waals surface area contributed by atoms with Crippen LogP contribution in [0.15, 0.2) is 162 Å². The van der Waals surface area contributed by atoms with Crippen LogP contribution in [-0.2, 0) is 5.41 Å². The van der Waals surface area contributed by atoms with E-state index >= 15 is 0 Å². The molecular formula is C44H32N2O. The Bertz CT molecular complexity index is 2440. The van der Waals surface area contributed by atoms with Gasteiger partial charge in [-0.2, -0.15) is 0 Å². The van der Waals surface area contributed by atoms with Gasteiger partial charge in [-0.1, -0.05) is 111 Å². The zero-order valence-corrected chi connectivity index (χ0v) is 26.3. The fraction of sp³-hybridized carbons (Fsp3) is 0.0682. The standard InChI is InChI=1S/C44H32N2O/c1-44(2)39-19-10-9-18-37(39)38-24-22-35(28-40(38)44)46(33-17-11-16-31(26-33)29-12-5-3-6-13-29)34-21-23-36-32(27-34)20-25-41-42(36)45-43(47-41)30-14-7-4-8-15-30/h3-28H,1-2H3. The number of fused-ring (bicyclic) bond motifs is 6. The molecule has 47 heavy (non-hydrogen) atoms. The second-order valence-electron chi connectivity index (χ2n) is 12.9. The molecule has 0 amide bonds. The highest BCUT2D eigenvalue weighted by Crippen LogP contribution is 2.51. The minimum absolute atomic E-state index is 0.0993. The molecule has 0 spiro atoms. The topological polar surface area (TPSA) is 29.3 Å². The molecule has 0 fully saturated rings. The van der Waals surface area contributed by atoms with Gasteiger partial charge in [0.1, 0.15) is 5.52 Å². The Kier molecular flexibility index (Phi) is 6.16. The number of anilines is 3. The molecule has 8 aromatic rings. The van der Waals surface area contributed by atoms with Gasteiger partial charge in [-0.05, 0) is 99.4 Å². The summed E-state index contributed by atoms with van der Waals surface area (Å²) in [5.41, 5.74) is 13.6. The molecule has 9 rings (SSSR count). The van der Waals surface area contributed by atoms with Crippen LogP contribution in [0.3, 0.4) is 0 Å². The number of benzene rings is 7. The molecule has 0 saturated carbocycles. The predicted molar refractivity (Wildman–Crippen MR) is 195 cm³/mol. The fourth-order valence-electron chi connectivity index (χ4n) is 7.28. The van der Waals surface area contributed by atoms with E-state index in [4.69, 9.17) is 9.40 Å². The number of hydrogen-bond donors (Lipinski definition) is 0. The monoisotopic (exact) mass is 604 g/mol. The summed E-state index contributed by atoms with van der Waals surface area (Å²) < 4.78 is 6.20. The van der Waals surface area contributed by atoms with E-state index in [1.165, 1.54) is 33.4 Å². The van der Waals surface area contributed by atoms with Gasteiger partial charge in [-0.3, -0.25) is 0 Å². The zero-order chi connectivity index (χ0) is 31.5. The van der Waals surface area contributed by atoms with E-state index in [-0.39, 0.29) is 5.41 Å². The first-order chi connectivity index (χ1) is 23.0. The molecule has 0 aliphatic heterocycles. The molecule has 1 aliphatic rings. The minimum Gasteiger partial charge on any atom is -0.436 e. The first-order valence-corrected chi connectivity index (χ1v) is 16.1. The normalized spacial score (nSPS) is 13.1. The maximum Gasteiger partial charge on any atom is 0.227 e. The van der Waals surface area contributed by atoms with E-state index in [1.807, 2.05) is 36.4 Å². The fourth-order valence-corrected chi connectivity index (χ4v) is 7.28. The van der Waals surface area contributed by atoms with E-state index in [9.17, 15) is 0 Å². The lowest BCUT2D eigenvalue weighted by molar-refractivity contribution is 0.620. The van der Waals surface area contributed by atoms with Crippen molar-refractivity contribution in [2.45, 2.75) is 19.3 Å². The Hall–Kier alpha value is -5.93. The van der Waals surface area contributed by atoms with Crippen LogP contribution in [0.1, 0.15) is 25.0 Å². The van der Waals surface area contributed by atoms with Crippen molar-refractivity contribution >= 4 is 38.9 Å². The molecule has 0 bridgehead atoms. The largest absolute Gasteiger partial charge is 0.436 e. The Labute approximate surface area is 274 Å². The van der Waals surface area contributed by atoms with Gasteiger partial charge in [0.05, 0.1) is 0 Å². The van der Waals surface area contributed by atoms with Gasteiger partial charge in [-0.25, -0.2) is 4.98 Å². The summed E-state index contributed by atoms with van der Waals surface area (Å²) in [5, 5.41) is 2.18. The molecule has 3 nitrogen and oxygen atoms in total. The third-order valence-corrected chi connectivity index (χ3v) is 9.67. The van der Waals surface area contributed by atoms with Gasteiger partial charge < -0.3 is 9.32 Å². The SMILES string of the molecule is CC1(C)c2ccccc2-c2ccc(N(c3cccc(-c4ccccc4)c3)c3ccc4c(ccc5oc(-c6ccccc6)nc54)c3)cc21. The summed E-state index contributed by atoms with van der Waals surface area (Å²) in [5.74, 6) is 0.637. The van der Waals surface area contributed by atoms with Crippen LogP contribution in [0.5, 0.6) is 0 Å². The molecule has 0 atom stereocenters. The van der Waals surface area contributed by atoms with Crippen LogP contribution in [0, 0.1) is 0 Å². The van der Waals surface area contributed by atoms with Gasteiger partial charge in [0, 0.05) is 33.4 Å². The lowest BCUT2D eigenvalue weighted by atomic mass is 9.82. The average Bonchev–Trinajstić information content (AvgIpc) is 3.66. The second kappa shape index (κ2) is 10.6. The maximum absolute atomic E-state index is 6.20. The summed E-state index contributed by atoms with van der Waals surface area (Å²) in [6, 6.07) is 56.1. The van der Waals surface area contributed by atoms with E-state index in [0.29, 0.717) is 5.89 Å². The van der Waals surface area contributed by atoms with Crippen LogP contribution in [0.4, 0.5) is 17.1 Å². The third kappa shape index (κ3) is 4.46. The first kappa shape index (κ1) is 27.4. The first-order valence-electron chi connectivity index (χ1n) is 16.1. The van der Waals surface area contributed by atoms with E-state index in [2.05, 4.69) is 140 Å². The summed E-state index contributed by atoms with van der Waals surface area (Å²) in [4.78, 5) is 7.32. The van der Waals surface area contributed by atoms with Crippen LogP contribution >= 0.6 is 0 Å². The van der Waals surface area contributed by atoms with Gasteiger partial charge in [0.2, 0.25) is 5.89 Å². The minimum atomic E-state index is -0.0993. The lowest BCUT2D eigenvalue weighted by Crippen LogP contribution is -2.16. The second-order valence-corrected chi connectivity index (χ2v) is 12.9. The van der Waals surface area contributed by atoms with Crippen LogP contribution in [0.2, 0.25) is 0 Å². The average molecular weight is 605 g/mol. The summed E-state index contributed by atoms with van der Waals surface area (Å²) in [7, 11) is 0. The zero-order valence-electron chi connectivity index (χ0n) is 26.3. The van der Waals surface area contributed by atoms with Crippen LogP contribution < -0.4 is 4.90 Å². The van der Waals surface area contributed by atoms with Crippen molar-refractivity contribution in [1.29, 1.82) is 0 Å². The molecule has 0 radical (unpaired) electrons. The molecule has 1 aromatic heterocycles. The molecule has 1 aliphatic carbocycles. The molecule has 224 valence electrons. The molecule has 7 aromatic carbocycles. The van der Waals surface area contributed by atoms with Crippen molar-refractivity contribution in [2.24, 2.45) is 0 Å². The smallest absolute Gasteiger partial charge is 0.227 e. The van der Waals surface area contributed by atoms with E-state index in [1.54, 1.807) is 0 Å². The molecule has 0 unspecified atom stereocenters. The highest BCUT2D eigenvalue weighted by Gasteiger charge is 2.35. The quantitative estimate of drug-likeness (QED) is 0.196. The Morgan fingerprint density at radius 2 is 1.17 bits per heavy atom. The number of oxazole rings is 1.